The first kappa shape index (κ1) is 14.9. The first-order valence-electron chi connectivity index (χ1n) is 6.07. The van der Waals surface area contributed by atoms with E-state index < -0.39 is 0 Å². The number of rotatable bonds is 2. The molecule has 0 heterocycles. The highest BCUT2D eigenvalue weighted by Crippen LogP contribution is 2.39. The molecule has 0 nitrogen and oxygen atoms in total. The van der Waals surface area contributed by atoms with Crippen LogP contribution in [0.1, 0.15) is 32.6 Å². The molecule has 100 valence electrons. The van der Waals surface area contributed by atoms with Crippen LogP contribution < -0.4 is 0 Å². The van der Waals surface area contributed by atoms with E-state index in [1.165, 1.54) is 22.3 Å². The summed E-state index contributed by atoms with van der Waals surface area (Å²) < 4.78 is 0. The van der Waals surface area contributed by atoms with Gasteiger partial charge in [0, 0.05) is 10.0 Å². The second-order valence-electron chi connectivity index (χ2n) is 4.84. The molecule has 0 bridgehead atoms. The van der Waals surface area contributed by atoms with Crippen molar-refractivity contribution in [1.82, 2.24) is 0 Å². The molecular formula is C16H15BrCl2. The topological polar surface area (TPSA) is 0 Å². The molecule has 19 heavy (non-hydrogen) atoms. The molecule has 0 radical (unpaired) electrons. The standard InChI is InChI=1S/C16H15BrCl2/c1-9-6-10(2)15(11(3)7-9)16(17)13-8-12(18)4-5-14(13)19/h4-8,16H,1-3H3. The van der Waals surface area contributed by atoms with E-state index in [4.69, 9.17) is 23.2 Å². The van der Waals surface area contributed by atoms with Gasteiger partial charge in [-0.25, -0.2) is 0 Å². The molecule has 0 aliphatic heterocycles. The summed E-state index contributed by atoms with van der Waals surface area (Å²) in [5.74, 6) is 0. The Morgan fingerprint density at radius 3 is 2.11 bits per heavy atom. The van der Waals surface area contributed by atoms with E-state index in [2.05, 4.69) is 48.8 Å². The first-order valence-corrected chi connectivity index (χ1v) is 7.74. The minimum Gasteiger partial charge on any atom is -0.0843 e. The van der Waals surface area contributed by atoms with E-state index >= 15 is 0 Å². The van der Waals surface area contributed by atoms with Crippen molar-refractivity contribution in [2.75, 3.05) is 0 Å². The van der Waals surface area contributed by atoms with Gasteiger partial charge in [0.2, 0.25) is 0 Å². The van der Waals surface area contributed by atoms with Crippen LogP contribution in [0.15, 0.2) is 30.3 Å². The zero-order valence-corrected chi connectivity index (χ0v) is 14.2. The van der Waals surface area contributed by atoms with E-state index in [-0.39, 0.29) is 4.83 Å². The van der Waals surface area contributed by atoms with Gasteiger partial charge in [-0.3, -0.25) is 0 Å². The van der Waals surface area contributed by atoms with Gasteiger partial charge in [-0.1, -0.05) is 56.8 Å². The Kier molecular flexibility index (Phi) is 4.60. The molecule has 1 atom stereocenters. The SMILES string of the molecule is Cc1cc(C)c(C(Br)c2cc(Cl)ccc2Cl)c(C)c1. The third-order valence-corrected chi connectivity index (χ3v) is 4.75. The van der Waals surface area contributed by atoms with Crippen molar-refractivity contribution in [3.05, 3.63) is 68.2 Å². The van der Waals surface area contributed by atoms with Gasteiger partial charge in [0.05, 0.1) is 4.83 Å². The van der Waals surface area contributed by atoms with E-state index in [9.17, 15) is 0 Å². The van der Waals surface area contributed by atoms with E-state index in [0.29, 0.717) is 5.02 Å². The molecule has 0 aromatic heterocycles. The molecule has 2 rings (SSSR count). The molecule has 0 fully saturated rings. The minimum atomic E-state index is 0.0549. The third kappa shape index (κ3) is 3.16. The Hall–Kier alpha value is -0.500. The van der Waals surface area contributed by atoms with Crippen molar-refractivity contribution in [2.24, 2.45) is 0 Å². The number of aryl methyl sites for hydroxylation is 3. The van der Waals surface area contributed by atoms with Gasteiger partial charge < -0.3 is 0 Å². The van der Waals surface area contributed by atoms with Crippen molar-refractivity contribution < 1.29 is 0 Å². The molecule has 0 aliphatic rings. The van der Waals surface area contributed by atoms with Crippen LogP contribution in [0, 0.1) is 20.8 Å². The molecule has 2 aromatic rings. The van der Waals surface area contributed by atoms with Gasteiger partial charge in [-0.05, 0) is 61.2 Å². The molecule has 0 N–H and O–H groups in total. The van der Waals surface area contributed by atoms with Gasteiger partial charge in [-0.2, -0.15) is 0 Å². The van der Waals surface area contributed by atoms with Crippen molar-refractivity contribution in [3.63, 3.8) is 0 Å². The van der Waals surface area contributed by atoms with Crippen molar-refractivity contribution in [1.29, 1.82) is 0 Å². The lowest BCUT2D eigenvalue weighted by Crippen LogP contribution is -2.01. The van der Waals surface area contributed by atoms with E-state index in [1.807, 2.05) is 18.2 Å². The number of hydrogen-bond donors (Lipinski definition) is 0. The average Bonchev–Trinajstić information content (AvgIpc) is 2.30. The summed E-state index contributed by atoms with van der Waals surface area (Å²) in [5, 5.41) is 1.43. The summed E-state index contributed by atoms with van der Waals surface area (Å²) in [4.78, 5) is 0.0549. The lowest BCUT2D eigenvalue weighted by atomic mass is 9.94. The predicted molar refractivity (Wildman–Crippen MR) is 87.9 cm³/mol. The van der Waals surface area contributed by atoms with Crippen LogP contribution >= 0.6 is 39.1 Å². The molecule has 2 aromatic carbocycles. The molecule has 3 heteroatoms. The molecule has 1 unspecified atom stereocenters. The lowest BCUT2D eigenvalue weighted by molar-refractivity contribution is 1.10. The molecule has 0 aliphatic carbocycles. The normalized spacial score (nSPS) is 12.5. The predicted octanol–water partition coefficient (Wildman–Crippen LogP) is 6.40. The van der Waals surface area contributed by atoms with Crippen LogP contribution in [-0.2, 0) is 0 Å². The zero-order valence-electron chi connectivity index (χ0n) is 11.1. The zero-order chi connectivity index (χ0) is 14.2. The highest BCUT2D eigenvalue weighted by atomic mass is 79.9. The average molecular weight is 358 g/mol. The first-order chi connectivity index (χ1) is 8.90. The van der Waals surface area contributed by atoms with Crippen LogP contribution in [0.2, 0.25) is 10.0 Å². The summed E-state index contributed by atoms with van der Waals surface area (Å²) in [6, 6.07) is 9.94. The summed E-state index contributed by atoms with van der Waals surface area (Å²) in [6.07, 6.45) is 0. The second kappa shape index (κ2) is 5.87. The fourth-order valence-electron chi connectivity index (χ4n) is 2.46. The quantitative estimate of drug-likeness (QED) is 0.545. The van der Waals surface area contributed by atoms with Crippen molar-refractivity contribution in [2.45, 2.75) is 25.6 Å². The highest BCUT2D eigenvalue weighted by molar-refractivity contribution is 9.09. The van der Waals surface area contributed by atoms with Gasteiger partial charge in [0.25, 0.3) is 0 Å². The highest BCUT2D eigenvalue weighted by Gasteiger charge is 2.18. The Labute approximate surface area is 132 Å². The van der Waals surface area contributed by atoms with Crippen LogP contribution in [0.5, 0.6) is 0 Å². The van der Waals surface area contributed by atoms with Crippen LogP contribution in [0.25, 0.3) is 0 Å². The number of halogens is 3. The lowest BCUT2D eigenvalue weighted by Gasteiger charge is -2.18. The van der Waals surface area contributed by atoms with Crippen molar-refractivity contribution >= 4 is 39.1 Å². The van der Waals surface area contributed by atoms with E-state index in [0.717, 1.165) is 10.6 Å². The largest absolute Gasteiger partial charge is 0.0843 e. The maximum absolute atomic E-state index is 6.29. The Bertz CT molecular complexity index is 597. The molecule has 0 amide bonds. The maximum Gasteiger partial charge on any atom is 0.0664 e. The fraction of sp³-hybridized carbons (Fsp3) is 0.250. The fourth-order valence-corrected chi connectivity index (χ4v) is 4.10. The summed E-state index contributed by atoms with van der Waals surface area (Å²) in [5.41, 5.74) is 6.06. The number of hydrogen-bond acceptors (Lipinski definition) is 0. The summed E-state index contributed by atoms with van der Waals surface area (Å²) in [7, 11) is 0. The van der Waals surface area contributed by atoms with Crippen LogP contribution in [0.4, 0.5) is 0 Å². The molecule has 0 saturated carbocycles. The van der Waals surface area contributed by atoms with Gasteiger partial charge in [0.15, 0.2) is 0 Å². The van der Waals surface area contributed by atoms with Crippen LogP contribution in [0.3, 0.4) is 0 Å². The van der Waals surface area contributed by atoms with E-state index in [1.54, 1.807) is 0 Å². The minimum absolute atomic E-state index is 0.0549. The smallest absolute Gasteiger partial charge is 0.0664 e. The summed E-state index contributed by atoms with van der Waals surface area (Å²) in [6.45, 7) is 6.36. The van der Waals surface area contributed by atoms with Gasteiger partial charge in [-0.15, -0.1) is 0 Å². The Balaban J connectivity index is 2.56. The Morgan fingerprint density at radius 1 is 0.947 bits per heavy atom. The second-order valence-corrected chi connectivity index (χ2v) is 6.60. The number of benzene rings is 2. The Morgan fingerprint density at radius 2 is 1.53 bits per heavy atom. The van der Waals surface area contributed by atoms with Gasteiger partial charge in [0.1, 0.15) is 0 Å². The van der Waals surface area contributed by atoms with Crippen molar-refractivity contribution in [3.8, 4) is 0 Å². The van der Waals surface area contributed by atoms with Crippen LogP contribution in [-0.4, -0.2) is 0 Å². The maximum atomic E-state index is 6.29. The molecule has 0 spiro atoms. The molecular weight excluding hydrogens is 343 g/mol. The van der Waals surface area contributed by atoms with Gasteiger partial charge >= 0.3 is 0 Å². The monoisotopic (exact) mass is 356 g/mol. The third-order valence-electron chi connectivity index (χ3n) is 3.22. The summed E-state index contributed by atoms with van der Waals surface area (Å²) >= 11 is 16.1. The molecule has 0 saturated heterocycles. The number of alkyl halides is 1.